The Labute approximate surface area is 176 Å². The van der Waals surface area contributed by atoms with Crippen molar-refractivity contribution >= 4 is 32.7 Å². The summed E-state index contributed by atoms with van der Waals surface area (Å²) in [7, 11) is -3.66. The monoisotopic (exact) mass is 451 g/mol. The molecule has 0 bridgehead atoms. The van der Waals surface area contributed by atoms with Gasteiger partial charge in [0.2, 0.25) is 15.9 Å². The fraction of sp³-hybridized carbons (Fsp3) is 0.300. The van der Waals surface area contributed by atoms with E-state index in [1.54, 1.807) is 0 Å². The molecular weight excluding hydrogens is 432 g/mol. The van der Waals surface area contributed by atoms with Crippen molar-refractivity contribution in [1.82, 2.24) is 8.87 Å². The molecule has 2 aromatic carbocycles. The second kappa shape index (κ2) is 8.23. The molecule has 1 saturated heterocycles. The van der Waals surface area contributed by atoms with E-state index in [-0.39, 0.29) is 29.1 Å². The summed E-state index contributed by atoms with van der Waals surface area (Å²) in [6.45, 7) is 0.846. The summed E-state index contributed by atoms with van der Waals surface area (Å²) in [5.41, 5.74) is 0.400. The van der Waals surface area contributed by atoms with Crippen LogP contribution in [0.5, 0.6) is 0 Å². The number of anilines is 1. The molecule has 0 unspecified atom stereocenters. The molecule has 4 rings (SSSR count). The van der Waals surface area contributed by atoms with Gasteiger partial charge >= 0.3 is 5.76 Å². The molecule has 164 valence electrons. The van der Waals surface area contributed by atoms with Crippen molar-refractivity contribution < 1.29 is 26.4 Å². The van der Waals surface area contributed by atoms with Gasteiger partial charge in [0.1, 0.15) is 11.6 Å². The highest BCUT2D eigenvalue weighted by Gasteiger charge is 2.28. The summed E-state index contributed by atoms with van der Waals surface area (Å²) in [6.07, 6.45) is 1.44. The van der Waals surface area contributed by atoms with E-state index < -0.39 is 33.3 Å². The van der Waals surface area contributed by atoms with Gasteiger partial charge < -0.3 is 9.73 Å². The maximum atomic E-state index is 13.2. The Morgan fingerprint density at radius 1 is 1.06 bits per heavy atom. The first-order valence-electron chi connectivity index (χ1n) is 9.63. The molecule has 1 N–H and O–H groups in total. The van der Waals surface area contributed by atoms with E-state index in [1.165, 1.54) is 27.1 Å². The number of hydrogen-bond acceptors (Lipinski definition) is 5. The lowest BCUT2D eigenvalue weighted by Gasteiger charge is -2.15. The standard InChI is InChI=1S/C20H19F2N3O5S/c21-13-9-14(22)11-15(10-13)23-19(26)5-8-25-17-4-3-16(12-18(17)30-20(25)27)31(28,29)24-6-1-2-7-24/h3-4,9-12H,1-2,5-8H2,(H,23,26). The summed E-state index contributed by atoms with van der Waals surface area (Å²) >= 11 is 0. The topological polar surface area (TPSA) is 102 Å². The predicted octanol–water partition coefficient (Wildman–Crippen LogP) is 2.69. The van der Waals surface area contributed by atoms with Gasteiger partial charge in [-0.1, -0.05) is 0 Å². The Balaban J connectivity index is 1.51. The average molecular weight is 451 g/mol. The van der Waals surface area contributed by atoms with Crippen LogP contribution < -0.4 is 11.1 Å². The van der Waals surface area contributed by atoms with E-state index in [0.717, 1.165) is 25.0 Å². The largest absolute Gasteiger partial charge is 0.419 e. The molecule has 0 radical (unpaired) electrons. The minimum atomic E-state index is -3.66. The number of nitrogens with zero attached hydrogens (tertiary/aromatic N) is 2. The summed E-state index contributed by atoms with van der Waals surface area (Å²) in [6, 6.07) is 6.80. The zero-order valence-corrected chi connectivity index (χ0v) is 17.1. The number of aromatic nitrogens is 1. The second-order valence-electron chi connectivity index (χ2n) is 7.22. The SMILES string of the molecule is O=C(CCn1c(=O)oc2cc(S(=O)(=O)N3CCCC3)ccc21)Nc1cc(F)cc(F)c1. The molecule has 0 atom stereocenters. The van der Waals surface area contributed by atoms with Gasteiger partial charge in [-0.25, -0.2) is 22.0 Å². The second-order valence-corrected chi connectivity index (χ2v) is 9.15. The Kier molecular flexibility index (Phi) is 5.63. The molecule has 1 fully saturated rings. The van der Waals surface area contributed by atoms with Crippen LogP contribution in [0.1, 0.15) is 19.3 Å². The fourth-order valence-corrected chi connectivity index (χ4v) is 5.09. The number of benzene rings is 2. The van der Waals surface area contributed by atoms with Gasteiger partial charge in [-0.05, 0) is 37.1 Å². The number of aryl methyl sites for hydroxylation is 1. The van der Waals surface area contributed by atoms with Gasteiger partial charge in [0.05, 0.1) is 10.4 Å². The van der Waals surface area contributed by atoms with Crippen LogP contribution in [0.3, 0.4) is 0 Å². The van der Waals surface area contributed by atoms with Crippen LogP contribution in [0.4, 0.5) is 14.5 Å². The quantitative estimate of drug-likeness (QED) is 0.621. The first-order valence-corrected chi connectivity index (χ1v) is 11.1. The van der Waals surface area contributed by atoms with Crippen LogP contribution in [-0.2, 0) is 21.4 Å². The molecule has 1 aromatic heterocycles. The smallest absolute Gasteiger partial charge is 0.408 e. The van der Waals surface area contributed by atoms with E-state index in [4.69, 9.17) is 4.42 Å². The first-order chi connectivity index (χ1) is 14.7. The van der Waals surface area contributed by atoms with Crippen molar-refractivity contribution in [3.8, 4) is 0 Å². The number of amides is 1. The average Bonchev–Trinajstić information content (AvgIpc) is 3.33. The molecule has 1 amide bonds. The molecule has 0 aliphatic carbocycles. The van der Waals surface area contributed by atoms with Crippen molar-refractivity contribution in [2.45, 2.75) is 30.7 Å². The lowest BCUT2D eigenvalue weighted by Crippen LogP contribution is -2.27. The van der Waals surface area contributed by atoms with Crippen molar-refractivity contribution in [3.63, 3.8) is 0 Å². The normalized spacial score (nSPS) is 14.9. The van der Waals surface area contributed by atoms with Crippen molar-refractivity contribution in [2.75, 3.05) is 18.4 Å². The predicted molar refractivity (Wildman–Crippen MR) is 108 cm³/mol. The molecule has 1 aliphatic heterocycles. The van der Waals surface area contributed by atoms with Gasteiger partial charge in [0.15, 0.2) is 5.58 Å². The molecule has 1 aliphatic rings. The molecule has 3 aromatic rings. The van der Waals surface area contributed by atoms with Crippen molar-refractivity contribution in [2.24, 2.45) is 0 Å². The Morgan fingerprint density at radius 2 is 1.74 bits per heavy atom. The lowest BCUT2D eigenvalue weighted by atomic mass is 10.2. The van der Waals surface area contributed by atoms with Crippen LogP contribution in [0, 0.1) is 11.6 Å². The van der Waals surface area contributed by atoms with E-state index in [1.807, 2.05) is 0 Å². The number of carbonyl (C=O) groups excluding carboxylic acids is 1. The van der Waals surface area contributed by atoms with Crippen LogP contribution in [-0.4, -0.2) is 36.3 Å². The summed E-state index contributed by atoms with van der Waals surface area (Å²) in [5, 5.41) is 2.36. The van der Waals surface area contributed by atoms with Crippen LogP contribution in [0.15, 0.2) is 50.5 Å². The van der Waals surface area contributed by atoms with Gasteiger partial charge in [-0.2, -0.15) is 4.31 Å². The number of fused-ring (bicyclic) bond motifs is 1. The lowest BCUT2D eigenvalue weighted by molar-refractivity contribution is -0.116. The third-order valence-corrected chi connectivity index (χ3v) is 6.95. The van der Waals surface area contributed by atoms with Crippen molar-refractivity contribution in [3.05, 3.63) is 58.6 Å². The molecule has 8 nitrogen and oxygen atoms in total. The van der Waals surface area contributed by atoms with Crippen LogP contribution >= 0.6 is 0 Å². The minimum absolute atomic E-state index is 0.0358. The third kappa shape index (κ3) is 4.37. The first kappa shape index (κ1) is 21.2. The van der Waals surface area contributed by atoms with E-state index >= 15 is 0 Å². The zero-order valence-electron chi connectivity index (χ0n) is 16.3. The van der Waals surface area contributed by atoms with Crippen LogP contribution in [0.2, 0.25) is 0 Å². The number of hydrogen-bond donors (Lipinski definition) is 1. The van der Waals surface area contributed by atoms with E-state index in [2.05, 4.69) is 5.32 Å². The highest BCUT2D eigenvalue weighted by Crippen LogP contribution is 2.24. The number of halogens is 2. The van der Waals surface area contributed by atoms with Gasteiger partial charge in [-0.15, -0.1) is 0 Å². The minimum Gasteiger partial charge on any atom is -0.408 e. The van der Waals surface area contributed by atoms with E-state index in [0.29, 0.717) is 24.7 Å². The number of nitrogens with one attached hydrogen (secondary N) is 1. The molecule has 2 heterocycles. The van der Waals surface area contributed by atoms with Crippen molar-refractivity contribution in [1.29, 1.82) is 0 Å². The highest BCUT2D eigenvalue weighted by atomic mass is 32.2. The molecule has 0 saturated carbocycles. The number of rotatable bonds is 6. The Morgan fingerprint density at radius 3 is 2.42 bits per heavy atom. The number of carbonyl (C=O) groups is 1. The molecule has 11 heteroatoms. The summed E-state index contributed by atoms with van der Waals surface area (Å²) in [5.74, 6) is -2.95. The number of sulfonamides is 1. The fourth-order valence-electron chi connectivity index (χ4n) is 3.56. The maximum Gasteiger partial charge on any atom is 0.419 e. The molecule has 0 spiro atoms. The highest BCUT2D eigenvalue weighted by molar-refractivity contribution is 7.89. The summed E-state index contributed by atoms with van der Waals surface area (Å²) in [4.78, 5) is 24.4. The number of oxazole rings is 1. The maximum absolute atomic E-state index is 13.2. The zero-order chi connectivity index (χ0) is 22.2. The Hall–Kier alpha value is -3.05. The molecular formula is C20H19F2N3O5S. The van der Waals surface area contributed by atoms with Gasteiger partial charge in [0, 0.05) is 43.9 Å². The van der Waals surface area contributed by atoms with Gasteiger partial charge in [0.25, 0.3) is 0 Å². The van der Waals surface area contributed by atoms with Gasteiger partial charge in [-0.3, -0.25) is 9.36 Å². The molecule has 31 heavy (non-hydrogen) atoms. The Bertz CT molecular complexity index is 1290. The van der Waals surface area contributed by atoms with Crippen LogP contribution in [0.25, 0.3) is 11.1 Å². The third-order valence-electron chi connectivity index (χ3n) is 5.05. The van der Waals surface area contributed by atoms with E-state index in [9.17, 15) is 26.8 Å². The summed E-state index contributed by atoms with van der Waals surface area (Å²) < 4.78 is 59.6.